The van der Waals surface area contributed by atoms with Gasteiger partial charge in [0.05, 0.1) is 0 Å². The highest BCUT2D eigenvalue weighted by Gasteiger charge is 2.04. The maximum absolute atomic E-state index is 5.42. The van der Waals surface area contributed by atoms with Crippen molar-refractivity contribution in [1.29, 1.82) is 0 Å². The fourth-order valence-electron chi connectivity index (χ4n) is 0.531. The Morgan fingerprint density at radius 1 is 1.57 bits per heavy atom. The van der Waals surface area contributed by atoms with E-state index in [9.17, 15) is 0 Å². The van der Waals surface area contributed by atoms with Crippen LogP contribution in [0.2, 0.25) is 0 Å². The second-order valence-electron chi connectivity index (χ2n) is 1.58. The molecule has 1 aliphatic heterocycles. The number of rotatable bonds is 0. The van der Waals surface area contributed by atoms with Crippen LogP contribution in [0.4, 0.5) is 0 Å². The molecule has 0 aromatic rings. The summed E-state index contributed by atoms with van der Waals surface area (Å²) in [5.41, 5.74) is 6.30. The van der Waals surface area contributed by atoms with Gasteiger partial charge in [0.2, 0.25) is 0 Å². The first kappa shape index (κ1) is 5.00. The van der Waals surface area contributed by atoms with Gasteiger partial charge in [-0.05, 0) is 0 Å². The van der Waals surface area contributed by atoms with Crippen LogP contribution in [0.25, 0.3) is 0 Å². The van der Waals surface area contributed by atoms with Crippen LogP contribution in [0.5, 0.6) is 0 Å². The molecule has 0 amide bonds. The third-order valence-corrected chi connectivity index (χ3v) is 1.42. The van der Waals surface area contributed by atoms with E-state index in [0.717, 1.165) is 23.7 Å². The minimum absolute atomic E-state index is 0.804. The smallest absolute Gasteiger partial charge is 0.0363 e. The Labute approximate surface area is 48.2 Å². The molecule has 0 bridgehead atoms. The zero-order valence-corrected chi connectivity index (χ0v) is 4.83. The number of hydrogen-bond acceptors (Lipinski definition) is 3. The molecular formula is C4H8N2S. The summed E-state index contributed by atoms with van der Waals surface area (Å²) in [7, 11) is 0. The largest absolute Gasteiger partial charge is 0.400 e. The number of nitrogens with one attached hydrogen (secondary N) is 1. The third kappa shape index (κ3) is 0.894. The van der Waals surface area contributed by atoms with Crippen LogP contribution in [0, 0.1) is 0 Å². The fraction of sp³-hybridized carbons (Fsp3) is 0.500. The van der Waals surface area contributed by atoms with Crippen LogP contribution >= 0.6 is 12.6 Å². The molecule has 7 heavy (non-hydrogen) atoms. The van der Waals surface area contributed by atoms with Crippen molar-refractivity contribution in [2.75, 3.05) is 13.1 Å². The Bertz CT molecular complexity index is 96.3. The van der Waals surface area contributed by atoms with E-state index in [1.165, 1.54) is 0 Å². The molecule has 0 spiro atoms. The fourth-order valence-corrected chi connectivity index (χ4v) is 0.722. The maximum Gasteiger partial charge on any atom is 0.0363 e. The molecule has 0 saturated heterocycles. The lowest BCUT2D eigenvalue weighted by atomic mass is 10.5. The highest BCUT2D eigenvalue weighted by atomic mass is 32.1. The van der Waals surface area contributed by atoms with Crippen molar-refractivity contribution in [3.8, 4) is 0 Å². The van der Waals surface area contributed by atoms with Crippen molar-refractivity contribution in [2.24, 2.45) is 5.73 Å². The van der Waals surface area contributed by atoms with E-state index in [1.54, 1.807) is 0 Å². The predicted molar refractivity (Wildman–Crippen MR) is 33.1 cm³/mol. The number of hydrogen-bond donors (Lipinski definition) is 3. The van der Waals surface area contributed by atoms with Crippen LogP contribution in [0.3, 0.4) is 0 Å². The van der Waals surface area contributed by atoms with Crippen LogP contribution in [0.15, 0.2) is 10.6 Å². The highest BCUT2D eigenvalue weighted by molar-refractivity contribution is 7.84. The first-order chi connectivity index (χ1) is 3.30. The average Bonchev–Trinajstić information content (AvgIpc) is 1.91. The van der Waals surface area contributed by atoms with Crippen molar-refractivity contribution in [3.63, 3.8) is 0 Å². The third-order valence-electron chi connectivity index (χ3n) is 0.979. The van der Waals surface area contributed by atoms with Crippen molar-refractivity contribution < 1.29 is 0 Å². The Hall–Kier alpha value is -0.150. The number of nitrogens with two attached hydrogens (primary N) is 1. The van der Waals surface area contributed by atoms with Gasteiger partial charge in [-0.25, -0.2) is 0 Å². The molecule has 40 valence electrons. The molecule has 0 aromatic carbocycles. The molecule has 1 heterocycles. The molecule has 1 aliphatic rings. The predicted octanol–water partition coefficient (Wildman–Crippen LogP) is -0.310. The summed E-state index contributed by atoms with van der Waals surface area (Å²) in [4.78, 5) is 0.986. The molecule has 0 aromatic heterocycles. The van der Waals surface area contributed by atoms with E-state index >= 15 is 0 Å². The quantitative estimate of drug-likeness (QED) is 0.380. The molecule has 3 N–H and O–H groups in total. The lowest BCUT2D eigenvalue weighted by Crippen LogP contribution is -2.11. The van der Waals surface area contributed by atoms with Gasteiger partial charge in [0.1, 0.15) is 0 Å². The van der Waals surface area contributed by atoms with Crippen LogP contribution < -0.4 is 11.1 Å². The first-order valence-electron chi connectivity index (χ1n) is 2.18. The van der Waals surface area contributed by atoms with Crippen molar-refractivity contribution in [1.82, 2.24) is 5.32 Å². The van der Waals surface area contributed by atoms with Crippen LogP contribution in [0.1, 0.15) is 0 Å². The summed E-state index contributed by atoms with van der Waals surface area (Å²) in [5.74, 6) is 0. The van der Waals surface area contributed by atoms with Crippen molar-refractivity contribution in [3.05, 3.63) is 10.6 Å². The monoisotopic (exact) mass is 116 g/mol. The van der Waals surface area contributed by atoms with E-state index < -0.39 is 0 Å². The molecule has 0 fully saturated rings. The molecule has 0 unspecified atom stereocenters. The normalized spacial score (nSPS) is 21.3. The van der Waals surface area contributed by atoms with Gasteiger partial charge in [-0.3, -0.25) is 0 Å². The highest BCUT2D eigenvalue weighted by Crippen LogP contribution is 2.06. The van der Waals surface area contributed by atoms with Crippen molar-refractivity contribution in [2.45, 2.75) is 0 Å². The zero-order chi connectivity index (χ0) is 5.28. The minimum Gasteiger partial charge on any atom is -0.400 e. The summed E-state index contributed by atoms with van der Waals surface area (Å²) >= 11 is 4.08. The molecule has 0 saturated carbocycles. The van der Waals surface area contributed by atoms with Gasteiger partial charge in [-0.15, -0.1) is 12.6 Å². The summed E-state index contributed by atoms with van der Waals surface area (Å²) in [5, 5.41) is 3.05. The van der Waals surface area contributed by atoms with Gasteiger partial charge < -0.3 is 11.1 Å². The summed E-state index contributed by atoms with van der Waals surface area (Å²) in [6, 6.07) is 0. The summed E-state index contributed by atoms with van der Waals surface area (Å²) in [6.07, 6.45) is 0. The molecular weight excluding hydrogens is 108 g/mol. The van der Waals surface area contributed by atoms with Gasteiger partial charge in [0, 0.05) is 23.7 Å². The Balaban J connectivity index is 2.64. The molecule has 3 heteroatoms. The Kier molecular flexibility index (Phi) is 1.25. The maximum atomic E-state index is 5.42. The van der Waals surface area contributed by atoms with E-state index in [1.807, 2.05) is 0 Å². The summed E-state index contributed by atoms with van der Waals surface area (Å²) in [6.45, 7) is 1.65. The van der Waals surface area contributed by atoms with Gasteiger partial charge in [-0.2, -0.15) is 0 Å². The van der Waals surface area contributed by atoms with E-state index in [2.05, 4.69) is 17.9 Å². The van der Waals surface area contributed by atoms with Gasteiger partial charge in [0.25, 0.3) is 0 Å². The summed E-state index contributed by atoms with van der Waals surface area (Å²) < 4.78 is 0. The lowest BCUT2D eigenvalue weighted by molar-refractivity contribution is 0.869. The van der Waals surface area contributed by atoms with E-state index in [0.29, 0.717) is 0 Å². The second-order valence-corrected chi connectivity index (χ2v) is 2.12. The van der Waals surface area contributed by atoms with Gasteiger partial charge in [0.15, 0.2) is 0 Å². The van der Waals surface area contributed by atoms with Crippen LogP contribution in [-0.4, -0.2) is 13.1 Å². The van der Waals surface area contributed by atoms with E-state index in [4.69, 9.17) is 5.73 Å². The molecule has 0 atom stereocenters. The standard InChI is InChI=1S/C4H8N2S/c5-3-1-6-2-4(3)7/h6-7H,1-2,5H2. The van der Waals surface area contributed by atoms with Gasteiger partial charge in [-0.1, -0.05) is 0 Å². The molecule has 2 nitrogen and oxygen atoms in total. The SMILES string of the molecule is NC1=C(S)CNC1. The average molecular weight is 116 g/mol. The molecule has 1 rings (SSSR count). The lowest BCUT2D eigenvalue weighted by Gasteiger charge is -1.85. The van der Waals surface area contributed by atoms with Crippen LogP contribution in [-0.2, 0) is 0 Å². The van der Waals surface area contributed by atoms with E-state index in [-0.39, 0.29) is 0 Å². The number of thiol groups is 1. The molecule has 0 aliphatic carbocycles. The second kappa shape index (κ2) is 1.76. The topological polar surface area (TPSA) is 38.0 Å². The van der Waals surface area contributed by atoms with Gasteiger partial charge >= 0.3 is 0 Å². The minimum atomic E-state index is 0.804. The zero-order valence-electron chi connectivity index (χ0n) is 3.94. The molecule has 0 radical (unpaired) electrons. The van der Waals surface area contributed by atoms with Crippen molar-refractivity contribution >= 4 is 12.6 Å². The Morgan fingerprint density at radius 3 is 2.43 bits per heavy atom. The Morgan fingerprint density at radius 2 is 2.29 bits per heavy atom. The first-order valence-corrected chi connectivity index (χ1v) is 2.62.